The van der Waals surface area contributed by atoms with Crippen LogP contribution in [0.1, 0.15) is 23.6 Å². The Morgan fingerprint density at radius 1 is 0.794 bits per heavy atom. The minimum atomic E-state index is -3.94. The summed E-state index contributed by atoms with van der Waals surface area (Å²) in [6.07, 6.45) is 0.345. The first-order chi connectivity index (χ1) is 16.4. The molecule has 1 aliphatic heterocycles. The molecule has 1 aliphatic rings. The summed E-state index contributed by atoms with van der Waals surface area (Å²) in [5, 5.41) is 4.59. The number of rotatable bonds is 8. The van der Waals surface area contributed by atoms with E-state index < -0.39 is 16.1 Å². The van der Waals surface area contributed by atoms with Crippen LogP contribution in [-0.4, -0.2) is 47.0 Å². The number of hydrogen-bond acceptors (Lipinski definition) is 7. The Balaban J connectivity index is 1.84. The van der Waals surface area contributed by atoms with E-state index in [4.69, 9.17) is 18.9 Å². The van der Waals surface area contributed by atoms with Gasteiger partial charge in [0.2, 0.25) is 0 Å². The van der Waals surface area contributed by atoms with Gasteiger partial charge in [0.25, 0.3) is 10.0 Å². The van der Waals surface area contributed by atoms with E-state index >= 15 is 0 Å². The van der Waals surface area contributed by atoms with Crippen molar-refractivity contribution in [2.75, 3.05) is 28.4 Å². The molecule has 0 saturated carbocycles. The number of methoxy groups -OCH3 is 4. The monoisotopic (exact) mass is 482 g/mol. The lowest BCUT2D eigenvalue weighted by atomic mass is 9.98. The molecule has 0 spiro atoms. The van der Waals surface area contributed by atoms with E-state index in [-0.39, 0.29) is 4.90 Å². The Bertz CT molecular complexity index is 1290. The molecule has 4 rings (SSSR count). The second-order valence-corrected chi connectivity index (χ2v) is 9.37. The number of sulfonamides is 1. The Kier molecular flexibility index (Phi) is 6.65. The molecule has 1 heterocycles. The molecule has 178 valence electrons. The zero-order valence-electron chi connectivity index (χ0n) is 19.4. The number of hydrogen-bond donors (Lipinski definition) is 0. The second kappa shape index (κ2) is 9.64. The molecule has 0 saturated heterocycles. The van der Waals surface area contributed by atoms with Crippen LogP contribution >= 0.6 is 0 Å². The van der Waals surface area contributed by atoms with Gasteiger partial charge in [0.1, 0.15) is 11.5 Å². The van der Waals surface area contributed by atoms with Crippen molar-refractivity contribution in [1.82, 2.24) is 4.41 Å². The third-order valence-corrected chi connectivity index (χ3v) is 7.33. The maximum atomic E-state index is 13.6. The zero-order valence-corrected chi connectivity index (χ0v) is 20.2. The second-order valence-electron chi connectivity index (χ2n) is 7.57. The maximum absolute atomic E-state index is 13.6. The Morgan fingerprint density at radius 3 is 2.03 bits per heavy atom. The van der Waals surface area contributed by atoms with Gasteiger partial charge in [-0.1, -0.05) is 18.2 Å². The number of benzene rings is 3. The average molecular weight is 483 g/mol. The van der Waals surface area contributed by atoms with Gasteiger partial charge in [0, 0.05) is 18.1 Å². The van der Waals surface area contributed by atoms with Gasteiger partial charge in [-0.3, -0.25) is 0 Å². The van der Waals surface area contributed by atoms with Gasteiger partial charge in [-0.25, -0.2) is 0 Å². The SMILES string of the molecule is COc1cc(OC)cc([C@@H]2CC(c3ccc(OC)c(OC)c3)=NN2S(=O)(=O)c2ccccc2)c1. The Hall–Kier alpha value is -3.72. The number of hydrazone groups is 1. The Morgan fingerprint density at radius 2 is 1.44 bits per heavy atom. The summed E-state index contributed by atoms with van der Waals surface area (Å²) in [4.78, 5) is 0.159. The van der Waals surface area contributed by atoms with Crippen LogP contribution < -0.4 is 18.9 Å². The lowest BCUT2D eigenvalue weighted by molar-refractivity contribution is 0.355. The molecule has 34 heavy (non-hydrogen) atoms. The minimum absolute atomic E-state index is 0.159. The highest BCUT2D eigenvalue weighted by Gasteiger charge is 2.38. The predicted molar refractivity (Wildman–Crippen MR) is 128 cm³/mol. The maximum Gasteiger partial charge on any atom is 0.279 e. The lowest BCUT2D eigenvalue weighted by Crippen LogP contribution is -2.27. The summed E-state index contributed by atoms with van der Waals surface area (Å²) in [5.74, 6) is 2.23. The standard InChI is InChI=1S/C25H26N2O6S/c1-30-19-12-18(13-20(15-19)31-2)23-16-22(17-10-11-24(32-3)25(14-17)33-4)26-27(23)34(28,29)21-8-6-5-7-9-21/h5-15,23H,16H2,1-4H3/t23-/m0/s1. The van der Waals surface area contributed by atoms with Gasteiger partial charge >= 0.3 is 0 Å². The van der Waals surface area contributed by atoms with Crippen molar-refractivity contribution in [3.05, 3.63) is 77.9 Å². The van der Waals surface area contributed by atoms with Crippen molar-refractivity contribution in [3.63, 3.8) is 0 Å². The summed E-state index contributed by atoms with van der Waals surface area (Å²) in [6.45, 7) is 0. The minimum Gasteiger partial charge on any atom is -0.497 e. The molecular weight excluding hydrogens is 456 g/mol. The van der Waals surface area contributed by atoms with Crippen LogP contribution in [-0.2, 0) is 10.0 Å². The molecule has 0 aromatic heterocycles. The van der Waals surface area contributed by atoms with Crippen molar-refractivity contribution in [3.8, 4) is 23.0 Å². The summed E-state index contributed by atoms with van der Waals surface area (Å²) in [7, 11) is 2.28. The zero-order chi connectivity index (χ0) is 24.3. The molecule has 1 atom stereocenters. The molecule has 3 aromatic rings. The highest BCUT2D eigenvalue weighted by molar-refractivity contribution is 7.89. The van der Waals surface area contributed by atoms with Crippen LogP contribution in [0, 0.1) is 0 Å². The van der Waals surface area contributed by atoms with Crippen molar-refractivity contribution < 1.29 is 27.4 Å². The van der Waals surface area contributed by atoms with Gasteiger partial charge < -0.3 is 18.9 Å². The quantitative estimate of drug-likeness (QED) is 0.477. The third-order valence-electron chi connectivity index (χ3n) is 5.64. The van der Waals surface area contributed by atoms with Gasteiger partial charge in [0.05, 0.1) is 45.1 Å². The normalized spacial score (nSPS) is 15.6. The van der Waals surface area contributed by atoms with E-state index in [0.717, 1.165) is 5.56 Å². The van der Waals surface area contributed by atoms with Crippen LogP contribution in [0.25, 0.3) is 0 Å². The molecule has 0 unspecified atom stereocenters. The molecule has 8 nitrogen and oxygen atoms in total. The largest absolute Gasteiger partial charge is 0.497 e. The highest BCUT2D eigenvalue weighted by Crippen LogP contribution is 2.40. The van der Waals surface area contributed by atoms with E-state index in [9.17, 15) is 8.42 Å². The first-order valence-corrected chi connectivity index (χ1v) is 12.0. The van der Waals surface area contributed by atoms with Crippen LogP contribution in [0.4, 0.5) is 0 Å². The number of nitrogens with zero attached hydrogens (tertiary/aromatic N) is 2. The average Bonchev–Trinajstić information content (AvgIpc) is 3.35. The molecule has 0 aliphatic carbocycles. The Labute approximate surface area is 199 Å². The van der Waals surface area contributed by atoms with Crippen LogP contribution in [0.2, 0.25) is 0 Å². The van der Waals surface area contributed by atoms with Crippen molar-refractivity contribution in [2.45, 2.75) is 17.4 Å². The topological polar surface area (TPSA) is 86.7 Å². The predicted octanol–water partition coefficient (Wildman–Crippen LogP) is 4.26. The van der Waals surface area contributed by atoms with Crippen LogP contribution in [0.5, 0.6) is 23.0 Å². The molecular formula is C25H26N2O6S. The summed E-state index contributed by atoms with van der Waals surface area (Å²) in [6, 6.07) is 18.4. The molecule has 9 heteroatoms. The molecule has 0 bridgehead atoms. The van der Waals surface area contributed by atoms with Crippen molar-refractivity contribution in [2.24, 2.45) is 5.10 Å². The fourth-order valence-electron chi connectivity index (χ4n) is 3.87. The molecule has 3 aromatic carbocycles. The van der Waals surface area contributed by atoms with Gasteiger partial charge in [-0.05, 0) is 48.0 Å². The van der Waals surface area contributed by atoms with E-state index in [1.165, 1.54) is 4.41 Å². The van der Waals surface area contributed by atoms with Crippen LogP contribution in [0.15, 0.2) is 76.7 Å². The summed E-state index contributed by atoms with van der Waals surface area (Å²) < 4.78 is 50.0. The molecule has 0 fully saturated rings. The van der Waals surface area contributed by atoms with E-state index in [0.29, 0.717) is 40.7 Å². The first-order valence-electron chi connectivity index (χ1n) is 10.5. The van der Waals surface area contributed by atoms with E-state index in [2.05, 4.69) is 5.10 Å². The third kappa shape index (κ3) is 4.38. The smallest absolute Gasteiger partial charge is 0.279 e. The van der Waals surface area contributed by atoms with Crippen molar-refractivity contribution in [1.29, 1.82) is 0 Å². The van der Waals surface area contributed by atoms with Crippen LogP contribution in [0.3, 0.4) is 0 Å². The summed E-state index contributed by atoms with van der Waals surface area (Å²) in [5.41, 5.74) is 2.05. The fourth-order valence-corrected chi connectivity index (χ4v) is 5.33. The highest BCUT2D eigenvalue weighted by atomic mass is 32.2. The van der Waals surface area contributed by atoms with Gasteiger partial charge in [-0.2, -0.15) is 17.9 Å². The van der Waals surface area contributed by atoms with Crippen molar-refractivity contribution >= 4 is 15.7 Å². The van der Waals surface area contributed by atoms with Gasteiger partial charge in [0.15, 0.2) is 11.5 Å². The number of ether oxygens (including phenoxy) is 4. The fraction of sp³-hybridized carbons (Fsp3) is 0.240. The van der Waals surface area contributed by atoms with Gasteiger partial charge in [-0.15, -0.1) is 0 Å². The first kappa shape index (κ1) is 23.4. The molecule has 0 amide bonds. The molecule has 0 N–H and O–H groups in total. The molecule has 0 radical (unpaired) electrons. The summed E-state index contributed by atoms with van der Waals surface area (Å²) >= 11 is 0. The van der Waals surface area contributed by atoms with E-state index in [1.807, 2.05) is 6.07 Å². The lowest BCUT2D eigenvalue weighted by Gasteiger charge is -2.24. The van der Waals surface area contributed by atoms with E-state index in [1.54, 1.807) is 89.1 Å².